The monoisotopic (exact) mass is 116 g/mol. The van der Waals surface area contributed by atoms with Crippen LogP contribution in [0.1, 0.15) is 6.92 Å². The van der Waals surface area contributed by atoms with Crippen LogP contribution in [0.3, 0.4) is 0 Å². The normalized spacial score (nSPS) is 2.60. The summed E-state index contributed by atoms with van der Waals surface area (Å²) in [6, 6.07) is 0. The molecule has 0 saturated heterocycles. The Morgan fingerprint density at radius 3 is 1.60 bits per heavy atom. The van der Waals surface area contributed by atoms with Gasteiger partial charge in [0, 0.05) is 0 Å². The standard InChI is InChI=1S/C3H6.Fe.H3N/c1-3-2;;/h3H,1H2,2H3;;1H3/q;+3;/p+1. The first-order valence-electron chi connectivity index (χ1n) is 0.986. The zero-order valence-corrected chi connectivity index (χ0v) is 4.74. The molecule has 0 atom stereocenters. The molecule has 5 heavy (non-hydrogen) atoms. The number of hydrogen-bond acceptors (Lipinski definition) is 0. The van der Waals surface area contributed by atoms with E-state index in [0.717, 1.165) is 0 Å². The summed E-state index contributed by atoms with van der Waals surface area (Å²) in [5.74, 6) is 0. The summed E-state index contributed by atoms with van der Waals surface area (Å²) in [5, 5.41) is 0. The third kappa shape index (κ3) is 431. The van der Waals surface area contributed by atoms with E-state index >= 15 is 0 Å². The van der Waals surface area contributed by atoms with Gasteiger partial charge in [0.1, 0.15) is 0 Å². The predicted octanol–water partition coefficient (Wildman–Crippen LogP) is 1.57. The van der Waals surface area contributed by atoms with E-state index in [1.807, 2.05) is 6.92 Å². The molecule has 0 aromatic carbocycles. The van der Waals surface area contributed by atoms with Crippen molar-refractivity contribution in [3.63, 3.8) is 0 Å². The van der Waals surface area contributed by atoms with Gasteiger partial charge < -0.3 is 6.15 Å². The summed E-state index contributed by atoms with van der Waals surface area (Å²) < 4.78 is 0. The molecule has 1 radical (unpaired) electrons. The van der Waals surface area contributed by atoms with Gasteiger partial charge in [-0.15, -0.1) is 6.58 Å². The van der Waals surface area contributed by atoms with Gasteiger partial charge in [-0.2, -0.15) is 0 Å². The first kappa shape index (κ1) is 18.9. The maximum atomic E-state index is 3.36. The minimum atomic E-state index is 0. The Bertz CT molecular complexity index is 14.4. The SMILES string of the molecule is C=CC.[Fe+3].[NH4+]. The fraction of sp³-hybridized carbons (Fsp3) is 0.333. The van der Waals surface area contributed by atoms with Crippen molar-refractivity contribution in [1.29, 1.82) is 0 Å². The van der Waals surface area contributed by atoms with E-state index in [2.05, 4.69) is 6.58 Å². The van der Waals surface area contributed by atoms with Crippen molar-refractivity contribution in [1.82, 2.24) is 6.15 Å². The van der Waals surface area contributed by atoms with Crippen LogP contribution in [0, 0.1) is 0 Å². The number of allylic oxidation sites excluding steroid dienone is 1. The number of quaternary nitrogens is 1. The largest absolute Gasteiger partial charge is 3.00 e. The van der Waals surface area contributed by atoms with Crippen LogP contribution in [-0.4, -0.2) is 0 Å². The minimum Gasteiger partial charge on any atom is -0.369 e. The molecule has 0 aliphatic heterocycles. The summed E-state index contributed by atoms with van der Waals surface area (Å²) in [7, 11) is 0. The second-order valence-corrected chi connectivity index (χ2v) is 0.408. The predicted molar refractivity (Wildman–Crippen MR) is 21.9 cm³/mol. The van der Waals surface area contributed by atoms with E-state index in [4.69, 9.17) is 0 Å². The summed E-state index contributed by atoms with van der Waals surface area (Å²) >= 11 is 0. The van der Waals surface area contributed by atoms with Gasteiger partial charge >= 0.3 is 17.1 Å². The Kier molecular flexibility index (Phi) is 111. The molecule has 0 fully saturated rings. The topological polar surface area (TPSA) is 36.5 Å². The van der Waals surface area contributed by atoms with Crippen LogP contribution < -0.4 is 6.15 Å². The van der Waals surface area contributed by atoms with Crippen LogP contribution in [0.25, 0.3) is 0 Å². The minimum absolute atomic E-state index is 0. The number of hydrogen-bond donors (Lipinski definition) is 1. The summed E-state index contributed by atoms with van der Waals surface area (Å²) in [6.07, 6.45) is 1.75. The summed E-state index contributed by atoms with van der Waals surface area (Å²) in [5.41, 5.74) is 0. The van der Waals surface area contributed by atoms with E-state index in [1.165, 1.54) is 0 Å². The molecule has 31 valence electrons. The van der Waals surface area contributed by atoms with Crippen molar-refractivity contribution in [3.8, 4) is 0 Å². The Hall–Kier alpha value is 0.219. The van der Waals surface area contributed by atoms with Gasteiger partial charge in [0.25, 0.3) is 0 Å². The van der Waals surface area contributed by atoms with Gasteiger partial charge in [0.2, 0.25) is 0 Å². The molecule has 0 amide bonds. The Labute approximate surface area is 43.5 Å². The zero-order chi connectivity index (χ0) is 2.71. The molecule has 0 aliphatic carbocycles. The zero-order valence-electron chi connectivity index (χ0n) is 3.64. The van der Waals surface area contributed by atoms with Crippen LogP contribution in [0.2, 0.25) is 0 Å². The van der Waals surface area contributed by atoms with E-state index in [1.54, 1.807) is 6.08 Å². The molecule has 0 spiro atoms. The molecule has 4 N–H and O–H groups in total. The quantitative estimate of drug-likeness (QED) is 0.368. The first-order chi connectivity index (χ1) is 1.41. The molecule has 0 heterocycles. The molecular weight excluding hydrogens is 106 g/mol. The molecule has 0 aromatic heterocycles. The van der Waals surface area contributed by atoms with Gasteiger partial charge in [0.15, 0.2) is 0 Å². The number of rotatable bonds is 0. The van der Waals surface area contributed by atoms with Crippen LogP contribution in [-0.2, 0) is 17.1 Å². The smallest absolute Gasteiger partial charge is 0.369 e. The third-order valence-corrected chi connectivity index (χ3v) is 0. The van der Waals surface area contributed by atoms with Crippen molar-refractivity contribution in [3.05, 3.63) is 12.7 Å². The molecule has 0 aromatic rings. The first-order valence-corrected chi connectivity index (χ1v) is 0.986. The Balaban J connectivity index is -0.0000000200. The summed E-state index contributed by atoms with van der Waals surface area (Å²) in [6.45, 7) is 5.25. The van der Waals surface area contributed by atoms with Gasteiger partial charge in [-0.1, -0.05) is 6.08 Å². The van der Waals surface area contributed by atoms with Gasteiger partial charge in [0.05, 0.1) is 0 Å². The third-order valence-electron chi connectivity index (χ3n) is 0. The van der Waals surface area contributed by atoms with Crippen LogP contribution in [0.4, 0.5) is 0 Å². The molecule has 0 rings (SSSR count). The maximum absolute atomic E-state index is 3.36. The molecule has 0 aliphatic rings. The van der Waals surface area contributed by atoms with Crippen LogP contribution >= 0.6 is 0 Å². The molecule has 1 nitrogen and oxygen atoms in total. The van der Waals surface area contributed by atoms with Gasteiger partial charge in [-0.3, -0.25) is 0 Å². The second-order valence-electron chi connectivity index (χ2n) is 0.408. The van der Waals surface area contributed by atoms with Crippen molar-refractivity contribution in [2.24, 2.45) is 0 Å². The maximum Gasteiger partial charge on any atom is 3.00 e. The van der Waals surface area contributed by atoms with Crippen molar-refractivity contribution >= 4 is 0 Å². The molecule has 0 bridgehead atoms. The molecule has 0 unspecified atom stereocenters. The van der Waals surface area contributed by atoms with Crippen molar-refractivity contribution < 1.29 is 17.1 Å². The fourth-order valence-corrected chi connectivity index (χ4v) is 0. The molecular formula is C3H10FeN+4. The summed E-state index contributed by atoms with van der Waals surface area (Å²) in [4.78, 5) is 0. The van der Waals surface area contributed by atoms with Gasteiger partial charge in [-0.25, -0.2) is 0 Å². The van der Waals surface area contributed by atoms with Crippen molar-refractivity contribution in [2.45, 2.75) is 6.92 Å². The average Bonchev–Trinajstić information content (AvgIpc) is 0.918. The van der Waals surface area contributed by atoms with Gasteiger partial charge in [-0.05, 0) is 6.92 Å². The van der Waals surface area contributed by atoms with E-state index in [0.29, 0.717) is 0 Å². The van der Waals surface area contributed by atoms with Crippen LogP contribution in [0.5, 0.6) is 0 Å². The average molecular weight is 116 g/mol. The van der Waals surface area contributed by atoms with Crippen LogP contribution in [0.15, 0.2) is 12.7 Å². The Morgan fingerprint density at radius 1 is 1.60 bits per heavy atom. The second kappa shape index (κ2) is 29.4. The molecule has 0 saturated carbocycles. The molecule has 2 heteroatoms. The fourth-order valence-electron chi connectivity index (χ4n) is 0. The van der Waals surface area contributed by atoms with E-state index in [-0.39, 0.29) is 23.2 Å². The Morgan fingerprint density at radius 2 is 1.60 bits per heavy atom. The van der Waals surface area contributed by atoms with Crippen molar-refractivity contribution in [2.75, 3.05) is 0 Å². The van der Waals surface area contributed by atoms with E-state index in [9.17, 15) is 0 Å². The van der Waals surface area contributed by atoms with E-state index < -0.39 is 0 Å².